The summed E-state index contributed by atoms with van der Waals surface area (Å²) in [6, 6.07) is 8.63. The molecule has 4 heteroatoms. The van der Waals surface area contributed by atoms with E-state index in [4.69, 9.17) is 11.6 Å². The van der Waals surface area contributed by atoms with E-state index >= 15 is 0 Å². The summed E-state index contributed by atoms with van der Waals surface area (Å²) in [5.74, 6) is 0. The molecule has 1 N–H and O–H groups in total. The van der Waals surface area contributed by atoms with Gasteiger partial charge in [0.1, 0.15) is 0 Å². The summed E-state index contributed by atoms with van der Waals surface area (Å²) in [6.45, 7) is 7.15. The third-order valence-electron chi connectivity index (χ3n) is 3.43. The van der Waals surface area contributed by atoms with Gasteiger partial charge in [0.15, 0.2) is 0 Å². The zero-order valence-corrected chi connectivity index (χ0v) is 13.3. The number of rotatable bonds is 5. The molecule has 0 aliphatic carbocycles. The number of hydrogen-bond acceptors (Lipinski definition) is 2. The van der Waals surface area contributed by atoms with E-state index in [1.54, 1.807) is 0 Å². The van der Waals surface area contributed by atoms with Gasteiger partial charge in [-0.2, -0.15) is 5.10 Å². The van der Waals surface area contributed by atoms with Crippen LogP contribution in [0.3, 0.4) is 0 Å². The minimum atomic E-state index is 0.257. The third-order valence-corrected chi connectivity index (χ3v) is 3.65. The van der Waals surface area contributed by atoms with Crippen molar-refractivity contribution in [3.05, 3.63) is 51.8 Å². The Kier molecular flexibility index (Phi) is 4.84. The van der Waals surface area contributed by atoms with E-state index in [9.17, 15) is 0 Å². The molecule has 0 radical (unpaired) electrons. The van der Waals surface area contributed by atoms with Crippen LogP contribution in [0.2, 0.25) is 5.02 Å². The van der Waals surface area contributed by atoms with Crippen molar-refractivity contribution in [2.75, 3.05) is 6.54 Å². The lowest BCUT2D eigenvalue weighted by Gasteiger charge is -2.19. The Morgan fingerprint density at radius 1 is 1.25 bits per heavy atom. The van der Waals surface area contributed by atoms with Crippen molar-refractivity contribution in [1.82, 2.24) is 15.1 Å². The quantitative estimate of drug-likeness (QED) is 0.912. The summed E-state index contributed by atoms with van der Waals surface area (Å²) in [7, 11) is 1.99. The van der Waals surface area contributed by atoms with Crippen LogP contribution in [0, 0.1) is 13.8 Å². The van der Waals surface area contributed by atoms with Gasteiger partial charge in [-0.15, -0.1) is 0 Å². The molecule has 2 rings (SSSR count). The average molecular weight is 292 g/mol. The van der Waals surface area contributed by atoms with Gasteiger partial charge in [0.2, 0.25) is 0 Å². The molecule has 0 fully saturated rings. The van der Waals surface area contributed by atoms with E-state index in [1.165, 1.54) is 16.8 Å². The average Bonchev–Trinajstić information content (AvgIpc) is 2.66. The molecule has 1 heterocycles. The number of likely N-dealkylation sites (N-methyl/N-ethyl adjacent to an activating group) is 1. The van der Waals surface area contributed by atoms with Gasteiger partial charge in [-0.1, -0.05) is 24.6 Å². The molecule has 0 saturated carbocycles. The van der Waals surface area contributed by atoms with Gasteiger partial charge in [-0.3, -0.25) is 4.68 Å². The molecule has 0 amide bonds. The van der Waals surface area contributed by atoms with Crippen molar-refractivity contribution >= 4 is 11.6 Å². The van der Waals surface area contributed by atoms with Gasteiger partial charge in [0.25, 0.3) is 0 Å². The lowest BCUT2D eigenvalue weighted by Crippen LogP contribution is -2.24. The fourth-order valence-electron chi connectivity index (χ4n) is 2.58. The first kappa shape index (κ1) is 15.1. The van der Waals surface area contributed by atoms with Crippen LogP contribution in [0.4, 0.5) is 0 Å². The zero-order chi connectivity index (χ0) is 14.7. The Labute approximate surface area is 126 Å². The van der Waals surface area contributed by atoms with Crippen LogP contribution < -0.4 is 5.32 Å². The molecule has 0 saturated heterocycles. The fraction of sp³-hybridized carbons (Fsp3) is 0.438. The molecule has 20 heavy (non-hydrogen) atoms. The number of aromatic nitrogens is 2. The predicted molar refractivity (Wildman–Crippen MR) is 84.3 cm³/mol. The molecule has 1 aromatic heterocycles. The van der Waals surface area contributed by atoms with Gasteiger partial charge in [-0.25, -0.2) is 0 Å². The number of hydrogen-bond donors (Lipinski definition) is 1. The van der Waals surface area contributed by atoms with Crippen molar-refractivity contribution in [3.8, 4) is 0 Å². The third kappa shape index (κ3) is 3.62. The second-order valence-corrected chi connectivity index (χ2v) is 5.71. The lowest BCUT2D eigenvalue weighted by molar-refractivity contribution is 0.528. The maximum absolute atomic E-state index is 6.19. The van der Waals surface area contributed by atoms with Gasteiger partial charge in [0, 0.05) is 30.2 Å². The predicted octanol–water partition coefficient (Wildman–Crippen LogP) is 3.58. The van der Waals surface area contributed by atoms with E-state index in [0.717, 1.165) is 23.7 Å². The topological polar surface area (TPSA) is 29.9 Å². The summed E-state index contributed by atoms with van der Waals surface area (Å²) in [4.78, 5) is 0. The molecule has 1 unspecified atom stereocenters. The van der Waals surface area contributed by atoms with Crippen LogP contribution in [0.25, 0.3) is 0 Å². The first-order chi connectivity index (χ1) is 9.49. The Hall–Kier alpha value is -1.32. The second kappa shape index (κ2) is 6.42. The smallest absolute Gasteiger partial charge is 0.0596 e. The second-order valence-electron chi connectivity index (χ2n) is 5.28. The Morgan fingerprint density at radius 3 is 2.55 bits per heavy atom. The minimum absolute atomic E-state index is 0.257. The Bertz CT molecular complexity index is 569. The Balaban J connectivity index is 2.28. The summed E-state index contributed by atoms with van der Waals surface area (Å²) in [5, 5.41) is 8.75. The maximum Gasteiger partial charge on any atom is 0.0596 e. The summed E-state index contributed by atoms with van der Waals surface area (Å²) >= 11 is 6.19. The molecule has 3 nitrogen and oxygen atoms in total. The molecular weight excluding hydrogens is 270 g/mol. The SMILES string of the molecule is CCNC(Cc1cc(C)nn1C)c1cc(C)cc(Cl)c1. The number of aryl methyl sites for hydroxylation is 3. The number of benzene rings is 1. The van der Waals surface area contributed by atoms with E-state index in [-0.39, 0.29) is 6.04 Å². The van der Waals surface area contributed by atoms with Gasteiger partial charge >= 0.3 is 0 Å². The van der Waals surface area contributed by atoms with Crippen molar-refractivity contribution < 1.29 is 0 Å². The fourth-order valence-corrected chi connectivity index (χ4v) is 2.88. The first-order valence-corrected chi connectivity index (χ1v) is 7.37. The highest BCUT2D eigenvalue weighted by molar-refractivity contribution is 6.30. The van der Waals surface area contributed by atoms with Gasteiger partial charge < -0.3 is 5.32 Å². The van der Waals surface area contributed by atoms with Crippen LogP contribution in [0.5, 0.6) is 0 Å². The molecule has 0 aliphatic rings. The summed E-state index contributed by atoms with van der Waals surface area (Å²) < 4.78 is 1.96. The largest absolute Gasteiger partial charge is 0.310 e. The molecule has 1 atom stereocenters. The van der Waals surface area contributed by atoms with Crippen LogP contribution in [0.1, 0.15) is 35.5 Å². The van der Waals surface area contributed by atoms with E-state index in [0.29, 0.717) is 0 Å². The molecular formula is C16H22ClN3. The van der Waals surface area contributed by atoms with E-state index in [1.807, 2.05) is 30.8 Å². The van der Waals surface area contributed by atoms with E-state index < -0.39 is 0 Å². The van der Waals surface area contributed by atoms with Gasteiger partial charge in [0.05, 0.1) is 5.69 Å². The van der Waals surface area contributed by atoms with Crippen molar-refractivity contribution in [3.63, 3.8) is 0 Å². The molecule has 0 aliphatic heterocycles. The number of nitrogens with one attached hydrogen (secondary N) is 1. The van der Waals surface area contributed by atoms with Crippen LogP contribution in [-0.2, 0) is 13.5 Å². The number of halogens is 1. The zero-order valence-electron chi connectivity index (χ0n) is 12.6. The minimum Gasteiger partial charge on any atom is -0.310 e. The number of nitrogens with zero attached hydrogens (tertiary/aromatic N) is 2. The van der Waals surface area contributed by atoms with Crippen LogP contribution in [0.15, 0.2) is 24.3 Å². The lowest BCUT2D eigenvalue weighted by atomic mass is 10.00. The molecule has 108 valence electrons. The van der Waals surface area contributed by atoms with E-state index in [2.05, 4.69) is 36.4 Å². The summed E-state index contributed by atoms with van der Waals surface area (Å²) in [6.07, 6.45) is 0.908. The van der Waals surface area contributed by atoms with Crippen molar-refractivity contribution in [1.29, 1.82) is 0 Å². The van der Waals surface area contributed by atoms with Crippen molar-refractivity contribution in [2.24, 2.45) is 7.05 Å². The molecule has 2 aromatic rings. The first-order valence-electron chi connectivity index (χ1n) is 6.99. The highest BCUT2D eigenvalue weighted by Crippen LogP contribution is 2.23. The molecule has 0 bridgehead atoms. The van der Waals surface area contributed by atoms with Crippen LogP contribution >= 0.6 is 11.6 Å². The Morgan fingerprint density at radius 2 is 2.00 bits per heavy atom. The maximum atomic E-state index is 6.19. The molecule has 1 aromatic carbocycles. The van der Waals surface area contributed by atoms with Crippen molar-refractivity contribution in [2.45, 2.75) is 33.2 Å². The highest BCUT2D eigenvalue weighted by Gasteiger charge is 2.15. The normalized spacial score (nSPS) is 12.7. The molecule has 0 spiro atoms. The highest BCUT2D eigenvalue weighted by atomic mass is 35.5. The monoisotopic (exact) mass is 291 g/mol. The standard InChI is InChI=1S/C16H22ClN3/c1-5-18-16(10-15-8-12(3)19-20(15)4)13-6-11(2)7-14(17)9-13/h6-9,16,18H,5,10H2,1-4H3. The van der Waals surface area contributed by atoms with Gasteiger partial charge in [-0.05, 0) is 49.7 Å². The summed E-state index contributed by atoms with van der Waals surface area (Å²) in [5.41, 5.74) is 4.71. The van der Waals surface area contributed by atoms with Crippen LogP contribution in [-0.4, -0.2) is 16.3 Å².